The second-order valence-corrected chi connectivity index (χ2v) is 4.79. The van der Waals surface area contributed by atoms with E-state index in [1.165, 1.54) is 5.56 Å². The largest absolute Gasteiger partial charge is 0.448 e. The molecule has 3 heteroatoms. The van der Waals surface area contributed by atoms with E-state index in [2.05, 4.69) is 17.9 Å². The molecule has 1 spiro atoms. The molecule has 18 heavy (non-hydrogen) atoms. The molecule has 3 nitrogen and oxygen atoms in total. The third kappa shape index (κ3) is 1.83. The van der Waals surface area contributed by atoms with Crippen molar-refractivity contribution in [2.75, 3.05) is 20.1 Å². The fourth-order valence-electron chi connectivity index (χ4n) is 2.71. The Bertz CT molecular complexity index is 462. The molecular formula is C15H21NO2. The van der Waals surface area contributed by atoms with E-state index in [1.807, 2.05) is 33.0 Å². The van der Waals surface area contributed by atoms with Crippen LogP contribution >= 0.6 is 0 Å². The van der Waals surface area contributed by atoms with Gasteiger partial charge < -0.3 is 4.74 Å². The van der Waals surface area contributed by atoms with Crippen LogP contribution < -0.4 is 0 Å². The van der Waals surface area contributed by atoms with Crippen LogP contribution in [0, 0.1) is 0 Å². The maximum atomic E-state index is 11.7. The molecule has 2 heterocycles. The van der Waals surface area contributed by atoms with Crippen molar-refractivity contribution in [2.24, 2.45) is 0 Å². The first-order chi connectivity index (χ1) is 8.64. The second-order valence-electron chi connectivity index (χ2n) is 4.79. The third-order valence-electron chi connectivity index (χ3n) is 3.54. The zero-order valence-corrected chi connectivity index (χ0v) is 11.6. The predicted octanol–water partition coefficient (Wildman–Crippen LogP) is 2.59. The molecule has 98 valence electrons. The summed E-state index contributed by atoms with van der Waals surface area (Å²) in [6.07, 6.45) is 0.993. The van der Waals surface area contributed by atoms with Gasteiger partial charge in [0.1, 0.15) is 0 Å². The van der Waals surface area contributed by atoms with Crippen molar-refractivity contribution in [3.8, 4) is 0 Å². The minimum Gasteiger partial charge on any atom is -0.448 e. The number of carbonyl (C=O) groups excluding carboxylic acids is 1. The van der Waals surface area contributed by atoms with Crippen LogP contribution in [0.3, 0.4) is 0 Å². The van der Waals surface area contributed by atoms with Crippen LogP contribution in [0.5, 0.6) is 0 Å². The van der Waals surface area contributed by atoms with Crippen LogP contribution in [0.25, 0.3) is 0 Å². The predicted molar refractivity (Wildman–Crippen MR) is 71.8 cm³/mol. The van der Waals surface area contributed by atoms with Crippen molar-refractivity contribution >= 4 is 5.97 Å². The lowest BCUT2D eigenvalue weighted by atomic mass is 9.84. The smallest absolute Gasteiger partial charge is 0.339 e. The number of benzene rings is 1. The molecule has 0 saturated carbocycles. The van der Waals surface area contributed by atoms with Crippen molar-refractivity contribution < 1.29 is 9.53 Å². The Kier molecular flexibility index (Phi) is 3.44. The highest BCUT2D eigenvalue weighted by molar-refractivity contribution is 5.95. The van der Waals surface area contributed by atoms with Crippen molar-refractivity contribution in [3.63, 3.8) is 0 Å². The molecule has 1 aromatic carbocycles. The first-order valence-electron chi connectivity index (χ1n) is 6.70. The number of hydrogen-bond acceptors (Lipinski definition) is 3. The minimum absolute atomic E-state index is 0.161. The van der Waals surface area contributed by atoms with Crippen molar-refractivity contribution in [2.45, 2.75) is 32.8 Å². The van der Waals surface area contributed by atoms with Gasteiger partial charge in [-0.15, -0.1) is 0 Å². The number of carbonyl (C=O) groups is 1. The van der Waals surface area contributed by atoms with Gasteiger partial charge in [-0.1, -0.05) is 32.9 Å². The highest BCUT2D eigenvalue weighted by Gasteiger charge is 2.52. The Labute approximate surface area is 109 Å². The monoisotopic (exact) mass is 247 g/mol. The van der Waals surface area contributed by atoms with Gasteiger partial charge in [0.2, 0.25) is 0 Å². The average Bonchev–Trinajstić information content (AvgIpc) is 2.65. The van der Waals surface area contributed by atoms with Crippen molar-refractivity contribution in [1.82, 2.24) is 4.90 Å². The number of likely N-dealkylation sites (tertiary alicyclic amines) is 1. The van der Waals surface area contributed by atoms with E-state index in [9.17, 15) is 4.79 Å². The molecule has 0 atom stereocenters. The SMILES string of the molecule is CC.CCc1ccc2c(c1)C1(CN(C)C1)OC2=O. The number of likely N-dealkylation sites (N-methyl/N-ethyl adjacent to an activating group) is 1. The van der Waals surface area contributed by atoms with Gasteiger partial charge in [0, 0.05) is 18.7 Å². The summed E-state index contributed by atoms with van der Waals surface area (Å²) in [4.78, 5) is 13.9. The number of nitrogens with zero attached hydrogens (tertiary/aromatic N) is 1. The van der Waals surface area contributed by atoms with Gasteiger partial charge in [0.15, 0.2) is 5.60 Å². The first kappa shape index (κ1) is 13.1. The van der Waals surface area contributed by atoms with E-state index in [0.29, 0.717) is 0 Å². The molecule has 0 N–H and O–H groups in total. The third-order valence-corrected chi connectivity index (χ3v) is 3.54. The number of ether oxygens (including phenoxy) is 1. The molecule has 0 amide bonds. The molecular weight excluding hydrogens is 226 g/mol. The van der Waals surface area contributed by atoms with Crippen molar-refractivity contribution in [3.05, 3.63) is 34.9 Å². The maximum Gasteiger partial charge on any atom is 0.339 e. The normalized spacial score (nSPS) is 19.7. The highest BCUT2D eigenvalue weighted by atomic mass is 16.6. The van der Waals surface area contributed by atoms with Crippen LogP contribution in [-0.2, 0) is 16.8 Å². The van der Waals surface area contributed by atoms with Gasteiger partial charge in [-0.25, -0.2) is 4.79 Å². The fourth-order valence-corrected chi connectivity index (χ4v) is 2.71. The molecule has 0 unspecified atom stereocenters. The van der Waals surface area contributed by atoms with E-state index in [-0.39, 0.29) is 11.6 Å². The van der Waals surface area contributed by atoms with Gasteiger partial charge in [-0.05, 0) is 25.1 Å². The summed E-state index contributed by atoms with van der Waals surface area (Å²) < 4.78 is 5.54. The lowest BCUT2D eigenvalue weighted by molar-refractivity contribution is -0.0943. The maximum absolute atomic E-state index is 11.7. The fraction of sp³-hybridized carbons (Fsp3) is 0.533. The Morgan fingerprint density at radius 2 is 2.00 bits per heavy atom. The summed E-state index contributed by atoms with van der Waals surface area (Å²) in [6.45, 7) is 7.76. The van der Waals surface area contributed by atoms with Crippen LogP contribution in [0.2, 0.25) is 0 Å². The molecule has 0 bridgehead atoms. The zero-order chi connectivity index (χ0) is 13.3. The molecule has 2 aliphatic heterocycles. The number of hydrogen-bond donors (Lipinski definition) is 0. The topological polar surface area (TPSA) is 29.5 Å². The quantitative estimate of drug-likeness (QED) is 0.714. The van der Waals surface area contributed by atoms with Gasteiger partial charge >= 0.3 is 5.97 Å². The van der Waals surface area contributed by atoms with Crippen LogP contribution in [0.4, 0.5) is 0 Å². The summed E-state index contributed by atoms with van der Waals surface area (Å²) in [6, 6.07) is 6.05. The Morgan fingerprint density at radius 1 is 1.33 bits per heavy atom. The highest BCUT2D eigenvalue weighted by Crippen LogP contribution is 2.43. The lowest BCUT2D eigenvalue weighted by Gasteiger charge is -2.44. The van der Waals surface area contributed by atoms with Gasteiger partial charge in [0.05, 0.1) is 5.56 Å². The average molecular weight is 247 g/mol. The molecule has 2 aliphatic rings. The first-order valence-corrected chi connectivity index (χ1v) is 6.70. The summed E-state index contributed by atoms with van der Waals surface area (Å²) in [5.74, 6) is -0.161. The summed E-state index contributed by atoms with van der Waals surface area (Å²) in [7, 11) is 2.04. The van der Waals surface area contributed by atoms with E-state index < -0.39 is 0 Å². The van der Waals surface area contributed by atoms with Gasteiger partial charge in [-0.3, -0.25) is 4.90 Å². The summed E-state index contributed by atoms with van der Waals surface area (Å²) in [5.41, 5.74) is 2.78. The molecule has 0 aliphatic carbocycles. The number of esters is 1. The Hall–Kier alpha value is -1.35. The van der Waals surface area contributed by atoms with Crippen molar-refractivity contribution in [1.29, 1.82) is 0 Å². The summed E-state index contributed by atoms with van der Waals surface area (Å²) in [5, 5.41) is 0. The molecule has 3 rings (SSSR count). The number of fused-ring (bicyclic) bond motifs is 2. The molecule has 0 radical (unpaired) electrons. The second kappa shape index (κ2) is 4.73. The van der Waals surface area contributed by atoms with E-state index in [1.54, 1.807) is 0 Å². The lowest BCUT2D eigenvalue weighted by Crippen LogP contribution is -2.57. The van der Waals surface area contributed by atoms with Gasteiger partial charge in [0.25, 0.3) is 0 Å². The number of aryl methyl sites for hydroxylation is 1. The van der Waals surface area contributed by atoms with Crippen LogP contribution in [0.15, 0.2) is 18.2 Å². The van der Waals surface area contributed by atoms with Gasteiger partial charge in [-0.2, -0.15) is 0 Å². The number of rotatable bonds is 1. The molecule has 1 aromatic rings. The minimum atomic E-state index is -0.341. The molecule has 0 aromatic heterocycles. The van der Waals surface area contributed by atoms with E-state index in [0.717, 1.165) is 30.6 Å². The summed E-state index contributed by atoms with van der Waals surface area (Å²) >= 11 is 0. The Morgan fingerprint density at radius 3 is 2.56 bits per heavy atom. The molecule has 1 saturated heterocycles. The van der Waals surface area contributed by atoms with Crippen LogP contribution in [0.1, 0.15) is 42.3 Å². The Balaban J connectivity index is 0.000000574. The van der Waals surface area contributed by atoms with E-state index in [4.69, 9.17) is 4.74 Å². The van der Waals surface area contributed by atoms with Crippen LogP contribution in [-0.4, -0.2) is 31.0 Å². The van der Waals surface area contributed by atoms with E-state index >= 15 is 0 Å². The standard InChI is InChI=1S/C13H15NO2.C2H6/c1-3-9-4-5-10-11(6-9)13(16-12(10)15)7-14(2)8-13;1-2/h4-6H,3,7-8H2,1-2H3;1-2H3. The molecule has 1 fully saturated rings. The zero-order valence-electron chi connectivity index (χ0n) is 11.6.